The monoisotopic (exact) mass is 253 g/mol. The molecule has 1 aliphatic heterocycles. The van der Waals surface area contributed by atoms with Crippen LogP contribution in [0.3, 0.4) is 0 Å². The first-order valence-corrected chi connectivity index (χ1v) is 5.88. The van der Waals surface area contributed by atoms with Gasteiger partial charge in [-0.15, -0.1) is 0 Å². The molecule has 1 saturated heterocycles. The molecule has 0 spiro atoms. The van der Waals surface area contributed by atoms with Crippen molar-refractivity contribution in [3.8, 4) is 0 Å². The van der Waals surface area contributed by atoms with Crippen LogP contribution in [0.25, 0.3) is 0 Å². The molecule has 1 fully saturated rings. The fourth-order valence-electron chi connectivity index (χ4n) is 1.76. The second kappa shape index (κ2) is 6.23. The molecule has 1 heterocycles. The van der Waals surface area contributed by atoms with E-state index in [1.807, 2.05) is 0 Å². The first-order valence-electron chi connectivity index (χ1n) is 5.88. The third-order valence-corrected chi connectivity index (χ3v) is 2.85. The molecule has 0 saturated carbocycles. The fraction of sp³-hybridized carbons (Fsp3) is 0.909. The van der Waals surface area contributed by atoms with Crippen molar-refractivity contribution in [2.45, 2.75) is 44.9 Å². The number of hydrogen-bond donors (Lipinski definition) is 0. The molecule has 0 amide bonds. The molecule has 1 atom stereocenters. The van der Waals surface area contributed by atoms with Gasteiger partial charge >= 0.3 is 12.1 Å². The van der Waals surface area contributed by atoms with Gasteiger partial charge < -0.3 is 9.64 Å². The smallest absolute Gasteiger partial charge is 0.425 e. The van der Waals surface area contributed by atoms with Crippen LogP contribution < -0.4 is 0 Å². The maximum Gasteiger partial charge on any atom is 0.425 e. The Labute approximate surface area is 98.9 Å². The highest BCUT2D eigenvalue weighted by Crippen LogP contribution is 2.22. The molecule has 0 radical (unpaired) electrons. The first kappa shape index (κ1) is 14.3. The third-order valence-electron chi connectivity index (χ3n) is 2.85. The number of carbonyl (C=O) groups excluding carboxylic acids is 1. The Morgan fingerprint density at radius 2 is 1.88 bits per heavy atom. The lowest BCUT2D eigenvalue weighted by molar-refractivity contribution is -0.216. The van der Waals surface area contributed by atoms with Crippen LogP contribution in [-0.2, 0) is 9.53 Å². The van der Waals surface area contributed by atoms with Gasteiger partial charge in [-0.3, -0.25) is 4.79 Å². The van der Waals surface area contributed by atoms with Crippen LogP contribution in [0.1, 0.15) is 32.6 Å². The van der Waals surface area contributed by atoms with Gasteiger partial charge in [-0.2, -0.15) is 13.2 Å². The molecule has 0 aromatic heterocycles. The number of alkyl halides is 3. The number of rotatable bonds is 4. The minimum absolute atomic E-state index is 0.0282. The van der Waals surface area contributed by atoms with E-state index in [9.17, 15) is 18.0 Å². The summed E-state index contributed by atoms with van der Waals surface area (Å²) in [6, 6.07) is 0. The van der Waals surface area contributed by atoms with E-state index >= 15 is 0 Å². The zero-order chi connectivity index (χ0) is 12.9. The van der Waals surface area contributed by atoms with Crippen LogP contribution in [0.4, 0.5) is 13.2 Å². The van der Waals surface area contributed by atoms with Crippen molar-refractivity contribution in [2.24, 2.45) is 0 Å². The van der Waals surface area contributed by atoms with Gasteiger partial charge in [0, 0.05) is 6.54 Å². The summed E-state index contributed by atoms with van der Waals surface area (Å²) in [5.74, 6) is -0.777. The minimum atomic E-state index is -4.47. The molecule has 3 nitrogen and oxygen atoms in total. The first-order chi connectivity index (χ1) is 7.89. The van der Waals surface area contributed by atoms with Gasteiger partial charge in [0.2, 0.25) is 0 Å². The van der Waals surface area contributed by atoms with Gasteiger partial charge in [-0.25, -0.2) is 0 Å². The van der Waals surface area contributed by atoms with E-state index in [1.165, 1.54) is 6.42 Å². The second-order valence-electron chi connectivity index (χ2n) is 4.33. The van der Waals surface area contributed by atoms with E-state index in [0.717, 1.165) is 32.9 Å². The largest absolute Gasteiger partial charge is 0.453 e. The molecular formula is C11H18F3NO2. The lowest BCUT2D eigenvalue weighted by Gasteiger charge is -2.26. The zero-order valence-electron chi connectivity index (χ0n) is 9.92. The van der Waals surface area contributed by atoms with E-state index in [2.05, 4.69) is 9.64 Å². The maximum absolute atomic E-state index is 12.1. The Kier molecular flexibility index (Phi) is 5.24. The molecule has 0 N–H and O–H groups in total. The summed E-state index contributed by atoms with van der Waals surface area (Å²) in [5, 5.41) is 0. The van der Waals surface area contributed by atoms with Crippen LogP contribution >= 0.6 is 0 Å². The summed E-state index contributed by atoms with van der Waals surface area (Å²) in [6.45, 7) is 3.17. The molecule has 17 heavy (non-hydrogen) atoms. The Bertz CT molecular complexity index is 250. The van der Waals surface area contributed by atoms with Gasteiger partial charge in [-0.05, 0) is 32.9 Å². The minimum Gasteiger partial charge on any atom is -0.453 e. The van der Waals surface area contributed by atoms with Gasteiger partial charge in [0.05, 0.1) is 6.42 Å². The molecule has 0 aromatic rings. The fourth-order valence-corrected chi connectivity index (χ4v) is 1.76. The van der Waals surface area contributed by atoms with Crippen molar-refractivity contribution < 1.29 is 22.7 Å². The normalized spacial score (nSPS) is 20.0. The summed E-state index contributed by atoms with van der Waals surface area (Å²) < 4.78 is 40.7. The van der Waals surface area contributed by atoms with Crippen LogP contribution in [0.5, 0.6) is 0 Å². The Morgan fingerprint density at radius 1 is 1.29 bits per heavy atom. The summed E-state index contributed by atoms with van der Waals surface area (Å²) >= 11 is 0. The van der Waals surface area contributed by atoms with E-state index in [0.29, 0.717) is 6.54 Å². The van der Waals surface area contributed by atoms with E-state index in [1.54, 1.807) is 0 Å². The highest BCUT2D eigenvalue weighted by molar-refractivity contribution is 5.69. The highest BCUT2D eigenvalue weighted by Gasteiger charge is 2.39. The van der Waals surface area contributed by atoms with Crippen molar-refractivity contribution >= 4 is 5.97 Å². The van der Waals surface area contributed by atoms with Crippen LogP contribution in [0.2, 0.25) is 0 Å². The summed E-state index contributed by atoms with van der Waals surface area (Å²) in [4.78, 5) is 13.3. The average Bonchev–Trinajstić information content (AvgIpc) is 2.26. The lowest BCUT2D eigenvalue weighted by atomic mass is 10.1. The van der Waals surface area contributed by atoms with Crippen LogP contribution in [0, 0.1) is 0 Å². The number of esters is 1. The molecule has 0 aromatic carbocycles. The van der Waals surface area contributed by atoms with Gasteiger partial charge in [0.1, 0.15) is 0 Å². The molecule has 100 valence electrons. The number of likely N-dealkylation sites (tertiary alicyclic amines) is 1. The average molecular weight is 253 g/mol. The van der Waals surface area contributed by atoms with Gasteiger partial charge in [-0.1, -0.05) is 6.42 Å². The maximum atomic E-state index is 12.1. The van der Waals surface area contributed by atoms with Gasteiger partial charge in [0.15, 0.2) is 6.10 Å². The lowest BCUT2D eigenvalue weighted by Crippen LogP contribution is -2.34. The van der Waals surface area contributed by atoms with Crippen molar-refractivity contribution in [1.82, 2.24) is 4.90 Å². The second-order valence-corrected chi connectivity index (χ2v) is 4.33. The van der Waals surface area contributed by atoms with Crippen molar-refractivity contribution in [2.75, 3.05) is 19.6 Å². The SMILES string of the molecule is CC(OC(=O)CCN1CCCCC1)C(F)(F)F. The standard InChI is InChI=1S/C11H18F3NO2/c1-9(11(12,13)14)17-10(16)5-8-15-6-3-2-4-7-15/h9H,2-8H2,1H3. The number of carbonyl (C=O) groups is 1. The van der Waals surface area contributed by atoms with Crippen LogP contribution in [0.15, 0.2) is 0 Å². The third kappa shape index (κ3) is 5.39. The number of nitrogens with zero attached hydrogens (tertiary/aromatic N) is 1. The molecule has 0 bridgehead atoms. The molecular weight excluding hydrogens is 235 g/mol. The Morgan fingerprint density at radius 3 is 2.41 bits per heavy atom. The topological polar surface area (TPSA) is 29.5 Å². The number of ether oxygens (including phenoxy) is 1. The number of piperidine rings is 1. The quantitative estimate of drug-likeness (QED) is 0.720. The predicted molar refractivity (Wildman–Crippen MR) is 56.5 cm³/mol. The van der Waals surface area contributed by atoms with E-state index in [-0.39, 0.29) is 6.42 Å². The summed E-state index contributed by atoms with van der Waals surface area (Å²) in [7, 11) is 0. The molecule has 1 aliphatic rings. The molecule has 1 unspecified atom stereocenters. The molecule has 6 heteroatoms. The molecule has 0 aliphatic carbocycles. The van der Waals surface area contributed by atoms with Crippen molar-refractivity contribution in [1.29, 1.82) is 0 Å². The predicted octanol–water partition coefficient (Wildman–Crippen LogP) is 2.36. The Balaban J connectivity index is 2.20. The molecule has 1 rings (SSSR count). The summed E-state index contributed by atoms with van der Waals surface area (Å²) in [6.07, 6.45) is -3.09. The number of halogens is 3. The Hall–Kier alpha value is -0.780. The van der Waals surface area contributed by atoms with Crippen molar-refractivity contribution in [3.05, 3.63) is 0 Å². The number of hydrogen-bond acceptors (Lipinski definition) is 3. The van der Waals surface area contributed by atoms with E-state index < -0.39 is 18.2 Å². The van der Waals surface area contributed by atoms with Gasteiger partial charge in [0.25, 0.3) is 0 Å². The zero-order valence-corrected chi connectivity index (χ0v) is 9.92. The van der Waals surface area contributed by atoms with Crippen LogP contribution in [-0.4, -0.2) is 42.8 Å². The highest BCUT2D eigenvalue weighted by atomic mass is 19.4. The van der Waals surface area contributed by atoms with Crippen molar-refractivity contribution in [3.63, 3.8) is 0 Å². The summed E-state index contributed by atoms with van der Waals surface area (Å²) in [5.41, 5.74) is 0. The van der Waals surface area contributed by atoms with E-state index in [4.69, 9.17) is 0 Å².